The molecule has 4 aromatic rings. The van der Waals surface area contributed by atoms with Crippen molar-refractivity contribution in [1.82, 2.24) is 16.0 Å². The van der Waals surface area contributed by atoms with E-state index in [1.165, 1.54) is 0 Å². The normalized spacial score (nSPS) is 12.3. The Morgan fingerprint density at radius 1 is 0.674 bits per heavy atom. The van der Waals surface area contributed by atoms with Gasteiger partial charge in [0.05, 0.1) is 6.54 Å². The van der Waals surface area contributed by atoms with Gasteiger partial charge in [-0.15, -0.1) is 0 Å². The summed E-state index contributed by atoms with van der Waals surface area (Å²) < 4.78 is 15.9. The highest BCUT2D eigenvalue weighted by Crippen LogP contribution is 2.44. The number of nitrogens with one attached hydrogen (secondary N) is 3. The Hall–Kier alpha value is -5.48. The molecule has 3 N–H and O–H groups in total. The average molecular weight is 622 g/mol. The molecule has 0 spiro atoms. The Morgan fingerprint density at radius 3 is 1.91 bits per heavy atom. The molecule has 0 heterocycles. The van der Waals surface area contributed by atoms with Crippen LogP contribution in [0.1, 0.15) is 28.2 Å². The van der Waals surface area contributed by atoms with E-state index in [9.17, 15) is 19.2 Å². The van der Waals surface area contributed by atoms with Gasteiger partial charge in [-0.05, 0) is 33.4 Å². The van der Waals surface area contributed by atoms with E-state index in [1.54, 1.807) is 0 Å². The van der Waals surface area contributed by atoms with Crippen LogP contribution in [0, 0.1) is 0 Å². The Morgan fingerprint density at radius 2 is 1.26 bits per heavy atom. The molecule has 10 heteroatoms. The molecule has 5 rings (SSSR count). The summed E-state index contributed by atoms with van der Waals surface area (Å²) in [6.45, 7) is -0.737. The second kappa shape index (κ2) is 16.0. The van der Waals surface area contributed by atoms with Crippen LogP contribution in [0.2, 0.25) is 0 Å². The first-order valence-electron chi connectivity index (χ1n) is 14.9. The Bertz CT molecular complexity index is 1600. The molecule has 1 atom stereocenters. The topological polar surface area (TPSA) is 132 Å². The molecule has 0 aliphatic heterocycles. The number of fused-ring (bicyclic) bond motifs is 3. The number of carbonyl (C=O) groups excluding carboxylic acids is 4. The summed E-state index contributed by atoms with van der Waals surface area (Å²) in [5, 5.41) is 7.69. The molecule has 0 radical (unpaired) electrons. The van der Waals surface area contributed by atoms with Gasteiger partial charge >= 0.3 is 12.1 Å². The zero-order valence-corrected chi connectivity index (χ0v) is 25.1. The summed E-state index contributed by atoms with van der Waals surface area (Å²) >= 11 is 0. The average Bonchev–Trinajstić information content (AvgIpc) is 3.41. The molecule has 0 bridgehead atoms. The van der Waals surface area contributed by atoms with Crippen molar-refractivity contribution >= 4 is 23.9 Å². The number of hydrogen-bond acceptors (Lipinski definition) is 7. The SMILES string of the molecule is O=C(CNC(=O)[C@H](Cc1ccccc1)NC(=O)OCC1c2ccccc2-c2ccccc21)NCOCC(=O)OCc1ccccc1. The van der Waals surface area contributed by atoms with E-state index in [4.69, 9.17) is 14.2 Å². The van der Waals surface area contributed by atoms with Crippen molar-refractivity contribution in [1.29, 1.82) is 0 Å². The van der Waals surface area contributed by atoms with Crippen molar-refractivity contribution in [2.24, 2.45) is 0 Å². The van der Waals surface area contributed by atoms with Crippen molar-refractivity contribution in [3.05, 3.63) is 131 Å². The Kier molecular flexibility index (Phi) is 11.1. The third-order valence-electron chi connectivity index (χ3n) is 7.49. The van der Waals surface area contributed by atoms with E-state index >= 15 is 0 Å². The Labute approximate surface area is 267 Å². The second-order valence-corrected chi connectivity index (χ2v) is 10.7. The van der Waals surface area contributed by atoms with Crippen LogP contribution in [-0.4, -0.2) is 56.4 Å². The van der Waals surface area contributed by atoms with Crippen LogP contribution in [0.15, 0.2) is 109 Å². The lowest BCUT2D eigenvalue weighted by Gasteiger charge is -2.20. The molecule has 0 saturated heterocycles. The summed E-state index contributed by atoms with van der Waals surface area (Å²) in [5.41, 5.74) is 6.04. The second-order valence-electron chi connectivity index (χ2n) is 10.7. The highest BCUT2D eigenvalue weighted by Gasteiger charge is 2.30. The van der Waals surface area contributed by atoms with Crippen molar-refractivity contribution in [3.63, 3.8) is 0 Å². The zero-order chi connectivity index (χ0) is 32.1. The van der Waals surface area contributed by atoms with Gasteiger partial charge in [-0.3, -0.25) is 9.59 Å². The maximum Gasteiger partial charge on any atom is 0.407 e. The van der Waals surface area contributed by atoms with Gasteiger partial charge < -0.3 is 30.2 Å². The van der Waals surface area contributed by atoms with Crippen LogP contribution in [-0.2, 0) is 41.6 Å². The number of alkyl carbamates (subject to hydrolysis) is 1. The number of esters is 1. The van der Waals surface area contributed by atoms with Gasteiger partial charge in [-0.1, -0.05) is 109 Å². The predicted molar refractivity (Wildman–Crippen MR) is 170 cm³/mol. The number of rotatable bonds is 14. The largest absolute Gasteiger partial charge is 0.459 e. The maximum absolute atomic E-state index is 13.1. The molecule has 10 nitrogen and oxygen atoms in total. The molecule has 0 unspecified atom stereocenters. The molecule has 46 heavy (non-hydrogen) atoms. The third-order valence-corrected chi connectivity index (χ3v) is 7.49. The van der Waals surface area contributed by atoms with Crippen LogP contribution in [0.5, 0.6) is 0 Å². The van der Waals surface area contributed by atoms with Gasteiger partial charge in [0.15, 0.2) is 0 Å². The number of hydrogen-bond donors (Lipinski definition) is 3. The molecule has 3 amide bonds. The van der Waals surface area contributed by atoms with E-state index in [0.717, 1.165) is 33.4 Å². The summed E-state index contributed by atoms with van der Waals surface area (Å²) in [6, 6.07) is 33.5. The number of carbonyl (C=O) groups is 4. The monoisotopic (exact) mass is 621 g/mol. The molecular weight excluding hydrogens is 586 g/mol. The molecule has 0 aromatic heterocycles. The van der Waals surface area contributed by atoms with Crippen LogP contribution in [0.4, 0.5) is 4.79 Å². The van der Waals surface area contributed by atoms with Gasteiger partial charge in [0.2, 0.25) is 11.8 Å². The van der Waals surface area contributed by atoms with Crippen LogP contribution < -0.4 is 16.0 Å². The van der Waals surface area contributed by atoms with Crippen LogP contribution >= 0.6 is 0 Å². The van der Waals surface area contributed by atoms with Crippen molar-refractivity contribution in [2.45, 2.75) is 25.0 Å². The van der Waals surface area contributed by atoms with Gasteiger partial charge in [0.1, 0.15) is 32.6 Å². The fourth-order valence-corrected chi connectivity index (χ4v) is 5.24. The van der Waals surface area contributed by atoms with Crippen LogP contribution in [0.3, 0.4) is 0 Å². The fraction of sp³-hybridized carbons (Fsp3) is 0.222. The van der Waals surface area contributed by atoms with E-state index in [1.807, 2.05) is 97.1 Å². The van der Waals surface area contributed by atoms with Gasteiger partial charge in [0.25, 0.3) is 0 Å². The first-order valence-corrected chi connectivity index (χ1v) is 14.9. The third kappa shape index (κ3) is 8.80. The van der Waals surface area contributed by atoms with E-state index in [0.29, 0.717) is 0 Å². The summed E-state index contributed by atoms with van der Waals surface area (Å²) in [7, 11) is 0. The minimum absolute atomic E-state index is 0.0989. The lowest BCUT2D eigenvalue weighted by Crippen LogP contribution is -2.50. The molecule has 0 fully saturated rings. The molecular formula is C36H35N3O7. The smallest absolute Gasteiger partial charge is 0.407 e. The predicted octanol–water partition coefficient (Wildman–Crippen LogP) is 4.09. The standard InChI is InChI=1S/C36H35N3O7/c40-33(38-24-44-23-34(41)45-21-26-13-5-2-6-14-26)20-37-35(42)32(19-25-11-3-1-4-12-25)39-36(43)46-22-31-29-17-9-7-15-27(29)28-16-8-10-18-30(28)31/h1-18,31-32H,19-24H2,(H,37,42)(H,38,40)(H,39,43)/t32-/m0/s1. The summed E-state index contributed by atoms with van der Waals surface area (Å²) in [6.07, 6.45) is -0.554. The quantitative estimate of drug-likeness (QED) is 0.110. The Balaban J connectivity index is 1.08. The lowest BCUT2D eigenvalue weighted by molar-refractivity contribution is -0.151. The minimum atomic E-state index is -0.999. The molecule has 236 valence electrons. The number of amides is 3. The van der Waals surface area contributed by atoms with Crippen molar-refractivity contribution in [2.75, 3.05) is 26.5 Å². The zero-order valence-electron chi connectivity index (χ0n) is 25.1. The summed E-state index contributed by atoms with van der Waals surface area (Å²) in [5.74, 6) is -1.80. The fourth-order valence-electron chi connectivity index (χ4n) is 5.24. The molecule has 4 aromatic carbocycles. The molecule has 0 saturated carbocycles. The maximum atomic E-state index is 13.1. The van der Waals surface area contributed by atoms with Crippen molar-refractivity contribution in [3.8, 4) is 11.1 Å². The highest BCUT2D eigenvalue weighted by molar-refractivity contribution is 5.89. The molecule has 1 aliphatic carbocycles. The van der Waals surface area contributed by atoms with E-state index in [2.05, 4.69) is 28.1 Å². The van der Waals surface area contributed by atoms with E-state index < -0.39 is 29.9 Å². The first-order chi connectivity index (χ1) is 22.5. The summed E-state index contributed by atoms with van der Waals surface area (Å²) in [4.78, 5) is 50.3. The van der Waals surface area contributed by atoms with Crippen LogP contribution in [0.25, 0.3) is 11.1 Å². The van der Waals surface area contributed by atoms with Gasteiger partial charge in [-0.2, -0.15) is 0 Å². The lowest BCUT2D eigenvalue weighted by atomic mass is 9.98. The highest BCUT2D eigenvalue weighted by atomic mass is 16.6. The number of benzene rings is 4. The molecule has 1 aliphatic rings. The first kappa shape index (κ1) is 31.9. The van der Waals surface area contributed by atoms with Gasteiger partial charge in [-0.25, -0.2) is 9.59 Å². The minimum Gasteiger partial charge on any atom is -0.459 e. The van der Waals surface area contributed by atoms with E-state index in [-0.39, 0.29) is 45.4 Å². The van der Waals surface area contributed by atoms with Gasteiger partial charge in [0, 0.05) is 12.3 Å². The number of ether oxygens (including phenoxy) is 3. The van der Waals surface area contributed by atoms with Crippen molar-refractivity contribution < 1.29 is 33.4 Å².